The molecule has 1 amide bonds. The van der Waals surface area contributed by atoms with Crippen LogP contribution in [0.3, 0.4) is 0 Å². The van der Waals surface area contributed by atoms with Crippen LogP contribution in [0, 0.1) is 0 Å². The lowest BCUT2D eigenvalue weighted by molar-refractivity contribution is -0.131. The monoisotopic (exact) mass is 300 g/mol. The smallest absolute Gasteiger partial charge is 0.240 e. The molecule has 1 atom stereocenters. The van der Waals surface area contributed by atoms with Gasteiger partial charge in [0.1, 0.15) is 12.4 Å². The van der Waals surface area contributed by atoms with Gasteiger partial charge in [-0.25, -0.2) is 13.1 Å². The molecule has 0 aliphatic heterocycles. The van der Waals surface area contributed by atoms with Crippen LogP contribution in [-0.2, 0) is 14.8 Å². The molecule has 20 heavy (non-hydrogen) atoms. The van der Waals surface area contributed by atoms with Crippen LogP contribution >= 0.6 is 0 Å². The number of carbonyl (C=O) groups is 1. The number of likely N-dealkylation sites (N-methyl/N-ethyl adjacent to an activating group) is 1. The number of hydrogen-bond acceptors (Lipinski definition) is 4. The Morgan fingerprint density at radius 3 is 2.50 bits per heavy atom. The van der Waals surface area contributed by atoms with Gasteiger partial charge in [0, 0.05) is 7.05 Å². The average molecular weight is 300 g/mol. The number of benzene rings is 1. The highest BCUT2D eigenvalue weighted by Crippen LogP contribution is 2.07. The lowest BCUT2D eigenvalue weighted by Gasteiger charge is -2.21. The maximum Gasteiger partial charge on any atom is 0.240 e. The minimum Gasteiger partial charge on any atom is -0.492 e. The third-order valence-electron chi connectivity index (χ3n) is 2.58. The molecule has 0 aliphatic carbocycles. The molecule has 7 heteroatoms. The summed E-state index contributed by atoms with van der Waals surface area (Å²) in [5.41, 5.74) is 0. The largest absolute Gasteiger partial charge is 0.492 e. The predicted molar refractivity (Wildman–Crippen MR) is 77.0 cm³/mol. The molecule has 1 aromatic rings. The molecular formula is C13H20N2O4S. The Labute approximate surface area is 119 Å². The Morgan fingerprint density at radius 2 is 1.95 bits per heavy atom. The minimum absolute atomic E-state index is 0.299. The lowest BCUT2D eigenvalue weighted by atomic mass is 10.3. The van der Waals surface area contributed by atoms with E-state index in [0.717, 1.165) is 12.0 Å². The van der Waals surface area contributed by atoms with Gasteiger partial charge in [0.15, 0.2) is 0 Å². The van der Waals surface area contributed by atoms with Crippen LogP contribution in [0.4, 0.5) is 0 Å². The standard InChI is InChI=1S/C13H20N2O4S/c1-11(14-20(3,17)18)13(16)15(2)9-10-19-12-7-5-4-6-8-12/h4-8,11,14H,9-10H2,1-3H3/t11-/m1/s1. The highest BCUT2D eigenvalue weighted by Gasteiger charge is 2.20. The van der Waals surface area contributed by atoms with Gasteiger partial charge in [-0.05, 0) is 19.1 Å². The van der Waals surface area contributed by atoms with Gasteiger partial charge >= 0.3 is 0 Å². The van der Waals surface area contributed by atoms with Gasteiger partial charge < -0.3 is 9.64 Å². The van der Waals surface area contributed by atoms with Gasteiger partial charge in [-0.15, -0.1) is 0 Å². The second kappa shape index (κ2) is 7.25. The molecule has 0 saturated heterocycles. The molecule has 0 fully saturated rings. The third-order valence-corrected chi connectivity index (χ3v) is 3.36. The van der Waals surface area contributed by atoms with Gasteiger partial charge in [-0.1, -0.05) is 18.2 Å². The summed E-state index contributed by atoms with van der Waals surface area (Å²) in [6.07, 6.45) is 1.02. The molecule has 0 unspecified atom stereocenters. The first-order valence-electron chi connectivity index (χ1n) is 6.20. The normalized spacial score (nSPS) is 12.8. The first-order valence-corrected chi connectivity index (χ1v) is 8.09. The van der Waals surface area contributed by atoms with E-state index in [1.807, 2.05) is 30.3 Å². The summed E-state index contributed by atoms with van der Waals surface area (Å²) in [5.74, 6) is 0.433. The van der Waals surface area contributed by atoms with E-state index in [9.17, 15) is 13.2 Å². The van der Waals surface area contributed by atoms with E-state index < -0.39 is 16.1 Å². The molecule has 1 N–H and O–H groups in total. The fraction of sp³-hybridized carbons (Fsp3) is 0.462. The summed E-state index contributed by atoms with van der Waals surface area (Å²) in [6, 6.07) is 8.49. The summed E-state index contributed by atoms with van der Waals surface area (Å²) >= 11 is 0. The molecule has 1 rings (SSSR count). The second-order valence-corrected chi connectivity index (χ2v) is 6.31. The van der Waals surface area contributed by atoms with Gasteiger partial charge in [0.05, 0.1) is 18.8 Å². The second-order valence-electron chi connectivity index (χ2n) is 4.53. The number of nitrogens with zero attached hydrogens (tertiary/aromatic N) is 1. The van der Waals surface area contributed by atoms with Crippen molar-refractivity contribution in [2.45, 2.75) is 13.0 Å². The van der Waals surface area contributed by atoms with Crippen molar-refractivity contribution in [2.75, 3.05) is 26.5 Å². The van der Waals surface area contributed by atoms with Crippen molar-refractivity contribution in [2.24, 2.45) is 0 Å². The molecular weight excluding hydrogens is 280 g/mol. The number of rotatable bonds is 7. The maximum absolute atomic E-state index is 11.9. The van der Waals surface area contributed by atoms with Crippen molar-refractivity contribution in [3.8, 4) is 5.75 Å². The van der Waals surface area contributed by atoms with Gasteiger partial charge in [0.2, 0.25) is 15.9 Å². The van der Waals surface area contributed by atoms with Crippen molar-refractivity contribution in [3.05, 3.63) is 30.3 Å². The Kier molecular flexibility index (Phi) is 5.97. The molecule has 112 valence electrons. The number of carbonyl (C=O) groups excluding carboxylic acids is 1. The molecule has 0 bridgehead atoms. The van der Waals surface area contributed by atoms with E-state index in [4.69, 9.17) is 4.74 Å². The lowest BCUT2D eigenvalue weighted by Crippen LogP contribution is -2.46. The SMILES string of the molecule is C[C@@H](NS(C)(=O)=O)C(=O)N(C)CCOc1ccccc1. The van der Waals surface area contributed by atoms with Gasteiger partial charge in [0.25, 0.3) is 0 Å². The summed E-state index contributed by atoms with van der Waals surface area (Å²) in [4.78, 5) is 13.3. The van der Waals surface area contributed by atoms with Gasteiger partial charge in [-0.3, -0.25) is 4.79 Å². The van der Waals surface area contributed by atoms with E-state index in [0.29, 0.717) is 13.2 Å². The van der Waals surface area contributed by atoms with E-state index >= 15 is 0 Å². The summed E-state index contributed by atoms with van der Waals surface area (Å²) in [6.45, 7) is 2.24. The number of para-hydroxylation sites is 1. The number of amides is 1. The minimum atomic E-state index is -3.39. The zero-order valence-electron chi connectivity index (χ0n) is 11.9. The van der Waals surface area contributed by atoms with E-state index in [1.54, 1.807) is 7.05 Å². The summed E-state index contributed by atoms with van der Waals surface area (Å²) in [5, 5.41) is 0. The zero-order valence-corrected chi connectivity index (χ0v) is 12.7. The highest BCUT2D eigenvalue weighted by molar-refractivity contribution is 7.88. The van der Waals surface area contributed by atoms with Crippen molar-refractivity contribution in [1.29, 1.82) is 0 Å². The van der Waals surface area contributed by atoms with Crippen LogP contribution in [0.25, 0.3) is 0 Å². The molecule has 0 aliphatic rings. The van der Waals surface area contributed by atoms with Crippen LogP contribution < -0.4 is 9.46 Å². The van der Waals surface area contributed by atoms with E-state index in [2.05, 4.69) is 4.72 Å². The van der Waals surface area contributed by atoms with Crippen molar-refractivity contribution < 1.29 is 17.9 Å². The quantitative estimate of drug-likeness (QED) is 0.794. The van der Waals surface area contributed by atoms with Crippen molar-refractivity contribution in [3.63, 3.8) is 0 Å². The third kappa shape index (κ3) is 6.03. The molecule has 0 spiro atoms. The highest BCUT2D eigenvalue weighted by atomic mass is 32.2. The number of sulfonamides is 1. The Bertz CT molecular complexity index is 531. The predicted octanol–water partition coefficient (Wildman–Crippen LogP) is 0.462. The van der Waals surface area contributed by atoms with E-state index in [-0.39, 0.29) is 5.91 Å². The van der Waals surface area contributed by atoms with E-state index in [1.165, 1.54) is 11.8 Å². The van der Waals surface area contributed by atoms with Crippen LogP contribution in [0.1, 0.15) is 6.92 Å². The van der Waals surface area contributed by atoms with Crippen LogP contribution in [-0.4, -0.2) is 51.7 Å². The number of hydrogen-bond donors (Lipinski definition) is 1. The van der Waals surface area contributed by atoms with Crippen LogP contribution in [0.15, 0.2) is 30.3 Å². The zero-order chi connectivity index (χ0) is 15.2. The molecule has 0 radical (unpaired) electrons. The van der Waals surface area contributed by atoms with Crippen LogP contribution in [0.2, 0.25) is 0 Å². The Balaban J connectivity index is 2.38. The number of nitrogens with one attached hydrogen (secondary N) is 1. The van der Waals surface area contributed by atoms with Crippen molar-refractivity contribution >= 4 is 15.9 Å². The molecule has 0 heterocycles. The molecule has 6 nitrogen and oxygen atoms in total. The molecule has 0 aromatic heterocycles. The Hall–Kier alpha value is -1.60. The first-order chi connectivity index (χ1) is 9.29. The average Bonchev–Trinajstić information content (AvgIpc) is 2.37. The first kappa shape index (κ1) is 16.5. The fourth-order valence-corrected chi connectivity index (χ4v) is 2.37. The summed E-state index contributed by atoms with van der Waals surface area (Å²) in [7, 11) is -1.79. The van der Waals surface area contributed by atoms with Crippen LogP contribution in [0.5, 0.6) is 5.75 Å². The number of ether oxygens (including phenoxy) is 1. The Morgan fingerprint density at radius 1 is 1.35 bits per heavy atom. The molecule has 0 saturated carbocycles. The van der Waals surface area contributed by atoms with Crippen molar-refractivity contribution in [1.82, 2.24) is 9.62 Å². The van der Waals surface area contributed by atoms with Gasteiger partial charge in [-0.2, -0.15) is 0 Å². The summed E-state index contributed by atoms with van der Waals surface area (Å²) < 4.78 is 29.8. The fourth-order valence-electron chi connectivity index (χ4n) is 1.63. The maximum atomic E-state index is 11.9. The molecule has 1 aromatic carbocycles. The topological polar surface area (TPSA) is 75.7 Å².